The summed E-state index contributed by atoms with van der Waals surface area (Å²) in [5.41, 5.74) is -5.57. The number of benzene rings is 2. The first-order valence-corrected chi connectivity index (χ1v) is 16.2. The first-order chi connectivity index (χ1) is 19.5. The fraction of sp³-hybridized carbons (Fsp3) is 0.333. The molecule has 1 saturated heterocycles. The third kappa shape index (κ3) is 4.90. The van der Waals surface area contributed by atoms with Gasteiger partial charge in [-0.25, -0.2) is 26.4 Å². The van der Waals surface area contributed by atoms with Crippen LogP contribution in [0.1, 0.15) is 11.1 Å². The number of hydrogen-bond acceptors (Lipinski definition) is 13. The Morgan fingerprint density at radius 2 is 1.19 bits per heavy atom. The van der Waals surface area contributed by atoms with Gasteiger partial charge in [0.2, 0.25) is 5.66 Å². The summed E-state index contributed by atoms with van der Waals surface area (Å²) in [6.45, 7) is 3.23. The normalized spacial score (nSPS) is 18.6. The molecule has 0 spiro atoms. The maximum absolute atomic E-state index is 14.3. The van der Waals surface area contributed by atoms with Crippen LogP contribution in [0.15, 0.2) is 58.3 Å². The van der Waals surface area contributed by atoms with Crippen molar-refractivity contribution in [3.05, 3.63) is 59.7 Å². The zero-order valence-corrected chi connectivity index (χ0v) is 25.7. The lowest BCUT2D eigenvalue weighted by Crippen LogP contribution is -2.67. The largest absolute Gasteiger partial charge is 0.468 e. The van der Waals surface area contributed by atoms with E-state index in [1.807, 2.05) is 0 Å². The van der Waals surface area contributed by atoms with E-state index in [1.54, 1.807) is 13.8 Å². The van der Waals surface area contributed by atoms with Crippen LogP contribution in [-0.2, 0) is 57.5 Å². The second-order valence-electron chi connectivity index (χ2n) is 8.84. The number of sulfonamides is 2. The van der Waals surface area contributed by atoms with E-state index < -0.39 is 81.1 Å². The topological polar surface area (TPSA) is 197 Å². The standard InChI is InChI=1S/C24H27N2O13PS2/c1-15-7-11-17(12-8-15)41(32,33)25-21(28)24(22(29)37-4,19(20(27)36-3)40(31,38-5)39-6)26(23(25)30)42(34,35)18-13-9-16(2)10-14-18/h7-14,19H,1-6H3/t19?,24-/m1/s1. The third-order valence-electron chi connectivity index (χ3n) is 6.44. The summed E-state index contributed by atoms with van der Waals surface area (Å²) < 4.78 is 87.6. The maximum Gasteiger partial charge on any atom is 0.356 e. The summed E-state index contributed by atoms with van der Waals surface area (Å²) in [6, 6.07) is 7.22. The quantitative estimate of drug-likeness (QED) is 0.156. The first kappa shape index (κ1) is 32.9. The highest BCUT2D eigenvalue weighted by Gasteiger charge is 2.79. The van der Waals surface area contributed by atoms with Crippen molar-refractivity contribution in [1.29, 1.82) is 0 Å². The number of methoxy groups -OCH3 is 2. The Morgan fingerprint density at radius 1 is 0.762 bits per heavy atom. The Labute approximate surface area is 241 Å². The van der Waals surface area contributed by atoms with Gasteiger partial charge in [-0.1, -0.05) is 35.4 Å². The van der Waals surface area contributed by atoms with Gasteiger partial charge >= 0.3 is 25.6 Å². The van der Waals surface area contributed by atoms with Crippen LogP contribution < -0.4 is 0 Å². The molecule has 228 valence electrons. The molecule has 1 aliphatic rings. The molecule has 1 heterocycles. The summed E-state index contributed by atoms with van der Waals surface area (Å²) in [7, 11) is -13.0. The maximum atomic E-state index is 14.3. The van der Waals surface area contributed by atoms with Gasteiger partial charge in [0, 0.05) is 14.2 Å². The zero-order valence-electron chi connectivity index (χ0n) is 23.2. The van der Waals surface area contributed by atoms with Crippen LogP contribution >= 0.6 is 7.60 Å². The van der Waals surface area contributed by atoms with Crippen LogP contribution in [0.5, 0.6) is 0 Å². The van der Waals surface area contributed by atoms with E-state index in [2.05, 4.69) is 4.74 Å². The molecule has 42 heavy (non-hydrogen) atoms. The van der Waals surface area contributed by atoms with Crippen LogP contribution in [0.2, 0.25) is 0 Å². The smallest absolute Gasteiger partial charge is 0.356 e. The van der Waals surface area contributed by atoms with E-state index in [4.69, 9.17) is 13.8 Å². The highest BCUT2D eigenvalue weighted by molar-refractivity contribution is 7.91. The molecule has 0 radical (unpaired) electrons. The van der Waals surface area contributed by atoms with Gasteiger partial charge in [0.15, 0.2) is 0 Å². The van der Waals surface area contributed by atoms with Crippen LogP contribution in [0.4, 0.5) is 4.79 Å². The van der Waals surface area contributed by atoms with Crippen molar-refractivity contribution < 1.29 is 59.1 Å². The van der Waals surface area contributed by atoms with Gasteiger partial charge < -0.3 is 18.5 Å². The number of hydrogen-bond donors (Lipinski definition) is 0. The number of aryl methyl sites for hydroxylation is 2. The fourth-order valence-corrected chi connectivity index (χ4v) is 9.09. The summed E-state index contributed by atoms with van der Waals surface area (Å²) in [4.78, 5) is 53.8. The minimum absolute atomic E-state index is 0.448. The Morgan fingerprint density at radius 3 is 1.57 bits per heavy atom. The third-order valence-corrected chi connectivity index (χ3v) is 12.1. The molecule has 1 fully saturated rings. The number of carbonyl (C=O) groups excluding carboxylic acids is 4. The Bertz CT molecular complexity index is 1680. The van der Waals surface area contributed by atoms with E-state index >= 15 is 0 Å². The predicted molar refractivity (Wildman–Crippen MR) is 143 cm³/mol. The molecule has 2 aromatic rings. The van der Waals surface area contributed by atoms with E-state index in [0.717, 1.165) is 45.6 Å². The Hall–Kier alpha value is -3.63. The molecule has 15 nitrogen and oxygen atoms in total. The van der Waals surface area contributed by atoms with Gasteiger partial charge in [0.05, 0.1) is 24.0 Å². The second-order valence-corrected chi connectivity index (χ2v) is 14.7. The molecule has 0 N–H and O–H groups in total. The van der Waals surface area contributed by atoms with Crippen molar-refractivity contribution in [1.82, 2.24) is 8.61 Å². The first-order valence-electron chi connectivity index (χ1n) is 11.7. The predicted octanol–water partition coefficient (Wildman–Crippen LogP) is 1.58. The monoisotopic (exact) mass is 646 g/mol. The molecule has 2 atom stereocenters. The van der Waals surface area contributed by atoms with Crippen LogP contribution in [-0.4, -0.2) is 89.0 Å². The Balaban J connectivity index is 2.56. The molecule has 0 aromatic heterocycles. The number of nitrogens with zero attached hydrogens (tertiary/aromatic N) is 2. The molecule has 1 aliphatic heterocycles. The molecule has 0 saturated carbocycles. The molecule has 3 amide bonds. The van der Waals surface area contributed by atoms with Crippen LogP contribution in [0.25, 0.3) is 0 Å². The van der Waals surface area contributed by atoms with Gasteiger partial charge in [0.25, 0.3) is 31.5 Å². The average molecular weight is 647 g/mol. The number of urea groups is 1. The minimum Gasteiger partial charge on any atom is -0.468 e. The summed E-state index contributed by atoms with van der Waals surface area (Å²) in [6.07, 6.45) is 0. The zero-order chi connectivity index (χ0) is 31.8. The number of carbonyl (C=O) groups is 4. The lowest BCUT2D eigenvalue weighted by atomic mass is 9.94. The van der Waals surface area contributed by atoms with Gasteiger partial charge in [-0.3, -0.25) is 14.2 Å². The number of amides is 3. The molecular formula is C24H27N2O13PS2. The summed E-state index contributed by atoms with van der Waals surface area (Å²) in [5, 5.41) is 0. The summed E-state index contributed by atoms with van der Waals surface area (Å²) in [5.74, 6) is -5.80. The van der Waals surface area contributed by atoms with Crippen molar-refractivity contribution in [2.75, 3.05) is 28.4 Å². The van der Waals surface area contributed by atoms with E-state index in [1.165, 1.54) is 24.3 Å². The molecule has 0 aliphatic carbocycles. The number of esters is 2. The molecule has 1 unspecified atom stereocenters. The van der Waals surface area contributed by atoms with Gasteiger partial charge in [-0.15, -0.1) is 4.31 Å². The lowest BCUT2D eigenvalue weighted by molar-refractivity contribution is -0.161. The van der Waals surface area contributed by atoms with Crippen LogP contribution in [0.3, 0.4) is 0 Å². The molecular weight excluding hydrogens is 619 g/mol. The average Bonchev–Trinajstić information content (AvgIpc) is 3.20. The number of imide groups is 1. The SMILES string of the molecule is COC(=O)C([C@]1(C(=O)OC)C(=O)N(S(=O)(=O)c2ccc(C)cc2)C(=O)N1S(=O)(=O)c1ccc(C)cc1)P(=O)(OC)OC. The number of ether oxygens (including phenoxy) is 2. The van der Waals surface area contributed by atoms with Gasteiger partial charge in [-0.05, 0) is 38.1 Å². The second kappa shape index (κ2) is 11.6. The van der Waals surface area contributed by atoms with E-state index in [0.29, 0.717) is 18.2 Å². The van der Waals surface area contributed by atoms with Gasteiger partial charge in [0.1, 0.15) is 0 Å². The van der Waals surface area contributed by atoms with E-state index in [-0.39, 0.29) is 0 Å². The van der Waals surface area contributed by atoms with Crippen molar-refractivity contribution in [3.63, 3.8) is 0 Å². The van der Waals surface area contributed by atoms with Crippen LogP contribution in [0, 0.1) is 13.8 Å². The van der Waals surface area contributed by atoms with Crippen molar-refractivity contribution in [2.45, 2.75) is 34.8 Å². The molecule has 0 bridgehead atoms. The molecule has 3 rings (SSSR count). The minimum atomic E-state index is -5.43. The fourth-order valence-electron chi connectivity index (χ4n) is 4.29. The van der Waals surface area contributed by atoms with Crippen molar-refractivity contribution in [3.8, 4) is 0 Å². The highest BCUT2D eigenvalue weighted by Crippen LogP contribution is 2.59. The molecule has 2 aromatic carbocycles. The molecule has 18 heteroatoms. The Kier molecular flexibility index (Phi) is 9.06. The van der Waals surface area contributed by atoms with E-state index in [9.17, 15) is 40.6 Å². The summed E-state index contributed by atoms with van der Waals surface area (Å²) >= 11 is 0. The van der Waals surface area contributed by atoms with Crippen molar-refractivity contribution >= 4 is 51.5 Å². The lowest BCUT2D eigenvalue weighted by Gasteiger charge is -2.37. The van der Waals surface area contributed by atoms with Gasteiger partial charge in [-0.2, -0.15) is 4.31 Å². The van der Waals surface area contributed by atoms with Crippen molar-refractivity contribution in [2.24, 2.45) is 0 Å². The highest BCUT2D eigenvalue weighted by atomic mass is 32.2. The number of rotatable bonds is 10.